The van der Waals surface area contributed by atoms with Crippen molar-refractivity contribution in [2.45, 2.75) is 20.4 Å². The molecule has 1 aromatic rings. The van der Waals surface area contributed by atoms with Gasteiger partial charge in [0, 0.05) is 11.4 Å². The first-order chi connectivity index (χ1) is 7.27. The molecule has 1 fully saturated rings. The summed E-state index contributed by atoms with van der Waals surface area (Å²) in [7, 11) is 0. The summed E-state index contributed by atoms with van der Waals surface area (Å²) in [6, 6.07) is 0. The number of rotatable bonds is 5. The predicted molar refractivity (Wildman–Crippen MR) is 64.1 cm³/mol. The lowest BCUT2D eigenvalue weighted by molar-refractivity contribution is 0.242. The Labute approximate surface area is 95.3 Å². The largest absolute Gasteiger partial charge is 0.316 e. The lowest BCUT2D eigenvalue weighted by atomic mass is 9.89. The van der Waals surface area contributed by atoms with Crippen LogP contribution >= 0.6 is 11.3 Å². The zero-order valence-corrected chi connectivity index (χ0v) is 10.2. The van der Waals surface area contributed by atoms with Gasteiger partial charge in [-0.2, -0.15) is 0 Å². The first-order valence-electron chi connectivity index (χ1n) is 5.57. The van der Waals surface area contributed by atoms with Gasteiger partial charge in [0.1, 0.15) is 0 Å². The Balaban J connectivity index is 1.68. The fraction of sp³-hybridized carbons (Fsp3) is 0.727. The van der Waals surface area contributed by atoms with Crippen LogP contribution in [0.3, 0.4) is 0 Å². The molecule has 2 N–H and O–H groups in total. The van der Waals surface area contributed by atoms with E-state index in [2.05, 4.69) is 29.5 Å². The van der Waals surface area contributed by atoms with Crippen molar-refractivity contribution in [2.24, 2.45) is 11.8 Å². The molecular formula is C11H19N3S. The second-order valence-electron chi connectivity index (χ2n) is 4.39. The first-order valence-corrected chi connectivity index (χ1v) is 6.45. The number of hydrogen-bond acceptors (Lipinski definition) is 4. The van der Waals surface area contributed by atoms with Crippen LogP contribution in [0.25, 0.3) is 0 Å². The maximum absolute atomic E-state index is 4.25. The molecular weight excluding hydrogens is 206 g/mol. The average Bonchev–Trinajstić information content (AvgIpc) is 2.49. The Morgan fingerprint density at radius 3 is 3.00 bits per heavy atom. The van der Waals surface area contributed by atoms with Gasteiger partial charge >= 0.3 is 0 Å². The lowest BCUT2D eigenvalue weighted by Crippen LogP contribution is -2.47. The van der Waals surface area contributed by atoms with Gasteiger partial charge in [-0.3, -0.25) is 0 Å². The number of nitrogens with one attached hydrogen (secondary N) is 2. The molecule has 0 aliphatic carbocycles. The van der Waals surface area contributed by atoms with Gasteiger partial charge in [0.25, 0.3) is 0 Å². The molecule has 4 heteroatoms. The fourth-order valence-corrected chi connectivity index (χ4v) is 2.54. The van der Waals surface area contributed by atoms with Crippen LogP contribution in [0, 0.1) is 18.8 Å². The van der Waals surface area contributed by atoms with E-state index in [9.17, 15) is 0 Å². The van der Waals surface area contributed by atoms with Crippen molar-refractivity contribution in [3.8, 4) is 0 Å². The molecule has 0 aromatic carbocycles. The van der Waals surface area contributed by atoms with Crippen LogP contribution in [0.5, 0.6) is 0 Å². The minimum absolute atomic E-state index is 0.777. The van der Waals surface area contributed by atoms with Crippen LogP contribution in [-0.4, -0.2) is 24.6 Å². The fourth-order valence-electron chi connectivity index (χ4n) is 1.79. The predicted octanol–water partition coefficient (Wildman–Crippen LogP) is 1.40. The SMILES string of the molecule is Cc1ncsc1CNCC(C)C1CNC1. The molecule has 2 rings (SSSR count). The smallest absolute Gasteiger partial charge is 0.0798 e. The monoisotopic (exact) mass is 225 g/mol. The molecule has 0 amide bonds. The van der Waals surface area contributed by atoms with Crippen LogP contribution in [0.2, 0.25) is 0 Å². The van der Waals surface area contributed by atoms with Gasteiger partial charge in [-0.15, -0.1) is 11.3 Å². The van der Waals surface area contributed by atoms with Crippen LogP contribution in [-0.2, 0) is 6.54 Å². The number of hydrogen-bond donors (Lipinski definition) is 2. The van der Waals surface area contributed by atoms with Crippen LogP contribution < -0.4 is 10.6 Å². The molecule has 1 saturated heterocycles. The van der Waals surface area contributed by atoms with E-state index in [4.69, 9.17) is 0 Å². The minimum atomic E-state index is 0.777. The van der Waals surface area contributed by atoms with E-state index in [-0.39, 0.29) is 0 Å². The van der Waals surface area contributed by atoms with Gasteiger partial charge in [0.15, 0.2) is 0 Å². The molecule has 3 nitrogen and oxygen atoms in total. The van der Waals surface area contributed by atoms with Crippen molar-refractivity contribution in [1.29, 1.82) is 0 Å². The molecule has 84 valence electrons. The van der Waals surface area contributed by atoms with Crippen molar-refractivity contribution in [3.63, 3.8) is 0 Å². The number of nitrogens with zero attached hydrogens (tertiary/aromatic N) is 1. The summed E-state index contributed by atoms with van der Waals surface area (Å²) >= 11 is 1.74. The van der Waals surface area contributed by atoms with Gasteiger partial charge in [-0.25, -0.2) is 4.98 Å². The van der Waals surface area contributed by atoms with Crippen molar-refractivity contribution >= 4 is 11.3 Å². The molecule has 0 radical (unpaired) electrons. The van der Waals surface area contributed by atoms with Gasteiger partial charge < -0.3 is 10.6 Å². The van der Waals surface area contributed by atoms with E-state index < -0.39 is 0 Å². The third kappa shape index (κ3) is 2.77. The van der Waals surface area contributed by atoms with E-state index >= 15 is 0 Å². The highest BCUT2D eigenvalue weighted by Crippen LogP contribution is 2.15. The molecule has 0 spiro atoms. The molecule has 1 aromatic heterocycles. The Morgan fingerprint density at radius 1 is 1.67 bits per heavy atom. The van der Waals surface area contributed by atoms with Crippen LogP contribution in [0.15, 0.2) is 5.51 Å². The molecule has 1 atom stereocenters. The van der Waals surface area contributed by atoms with Crippen LogP contribution in [0.1, 0.15) is 17.5 Å². The summed E-state index contributed by atoms with van der Waals surface area (Å²) in [5.41, 5.74) is 3.09. The summed E-state index contributed by atoms with van der Waals surface area (Å²) < 4.78 is 0. The lowest BCUT2D eigenvalue weighted by Gasteiger charge is -2.32. The first kappa shape index (κ1) is 11.0. The third-order valence-electron chi connectivity index (χ3n) is 3.21. The summed E-state index contributed by atoms with van der Waals surface area (Å²) in [6.45, 7) is 8.89. The molecule has 15 heavy (non-hydrogen) atoms. The topological polar surface area (TPSA) is 37.0 Å². The highest BCUT2D eigenvalue weighted by atomic mass is 32.1. The van der Waals surface area contributed by atoms with E-state index in [1.807, 2.05) is 5.51 Å². The van der Waals surface area contributed by atoms with Gasteiger partial charge in [0.05, 0.1) is 11.2 Å². The van der Waals surface area contributed by atoms with Crippen molar-refractivity contribution in [1.82, 2.24) is 15.6 Å². The highest BCUT2D eigenvalue weighted by Gasteiger charge is 2.22. The summed E-state index contributed by atoms with van der Waals surface area (Å²) in [6.07, 6.45) is 0. The zero-order valence-electron chi connectivity index (χ0n) is 9.42. The third-order valence-corrected chi connectivity index (χ3v) is 4.15. The Morgan fingerprint density at radius 2 is 2.47 bits per heavy atom. The molecule has 1 aliphatic rings. The van der Waals surface area contributed by atoms with E-state index in [0.717, 1.165) is 24.9 Å². The van der Waals surface area contributed by atoms with E-state index in [0.29, 0.717) is 0 Å². The molecule has 0 bridgehead atoms. The summed E-state index contributed by atoms with van der Waals surface area (Å²) in [5.74, 6) is 1.65. The number of aryl methyl sites for hydroxylation is 1. The second-order valence-corrected chi connectivity index (χ2v) is 5.33. The van der Waals surface area contributed by atoms with Crippen molar-refractivity contribution in [2.75, 3.05) is 19.6 Å². The van der Waals surface area contributed by atoms with E-state index in [1.165, 1.54) is 23.7 Å². The quantitative estimate of drug-likeness (QED) is 0.795. The minimum Gasteiger partial charge on any atom is -0.316 e. The van der Waals surface area contributed by atoms with Crippen molar-refractivity contribution in [3.05, 3.63) is 16.1 Å². The van der Waals surface area contributed by atoms with Crippen molar-refractivity contribution < 1.29 is 0 Å². The standard InChI is InChI=1S/C11H19N3S/c1-8(10-4-13-5-10)3-12-6-11-9(2)14-7-15-11/h7-8,10,12-13H,3-6H2,1-2H3. The molecule has 1 unspecified atom stereocenters. The zero-order chi connectivity index (χ0) is 10.7. The van der Waals surface area contributed by atoms with Gasteiger partial charge in [-0.1, -0.05) is 6.92 Å². The number of aromatic nitrogens is 1. The summed E-state index contributed by atoms with van der Waals surface area (Å²) in [5, 5.41) is 6.84. The van der Waals surface area contributed by atoms with Gasteiger partial charge in [-0.05, 0) is 38.4 Å². The average molecular weight is 225 g/mol. The van der Waals surface area contributed by atoms with E-state index in [1.54, 1.807) is 11.3 Å². The maximum atomic E-state index is 4.25. The second kappa shape index (κ2) is 5.05. The number of thiazole rings is 1. The highest BCUT2D eigenvalue weighted by molar-refractivity contribution is 7.09. The Hall–Kier alpha value is -0.450. The van der Waals surface area contributed by atoms with Gasteiger partial charge in [0.2, 0.25) is 0 Å². The summed E-state index contributed by atoms with van der Waals surface area (Å²) in [4.78, 5) is 5.61. The Kier molecular flexibility index (Phi) is 3.72. The van der Waals surface area contributed by atoms with Crippen LogP contribution in [0.4, 0.5) is 0 Å². The molecule has 0 saturated carbocycles. The molecule has 2 heterocycles. The maximum Gasteiger partial charge on any atom is 0.0798 e. The normalized spacial score (nSPS) is 18.8. The Bertz CT molecular complexity index is 307. The molecule has 1 aliphatic heterocycles.